The average Bonchev–Trinajstić information content (AvgIpc) is 3.24. The molecule has 0 amide bonds. The minimum absolute atomic E-state index is 1.25. The van der Waals surface area contributed by atoms with E-state index in [-0.39, 0.29) is 0 Å². The second-order valence-electron chi connectivity index (χ2n) is 18.1. The molecule has 0 aliphatic carbocycles. The van der Waals surface area contributed by atoms with E-state index in [1.165, 1.54) is 169 Å². The van der Waals surface area contributed by atoms with Crippen LogP contribution >= 0.6 is 0 Å². The van der Waals surface area contributed by atoms with Gasteiger partial charge in [0.2, 0.25) is 0 Å². The molecule has 0 N–H and O–H groups in total. The predicted octanol–water partition coefficient (Wildman–Crippen LogP) is -13.7. The van der Waals surface area contributed by atoms with Gasteiger partial charge >= 0.3 is 0 Å². The van der Waals surface area contributed by atoms with Gasteiger partial charge in [0.05, 0.1) is 0 Å². The molecule has 0 unspecified atom stereocenters. The van der Waals surface area contributed by atoms with Crippen LogP contribution in [0.15, 0.2) is 78.9 Å². The predicted molar refractivity (Wildman–Crippen MR) is 313 cm³/mol. The Morgan fingerprint density at radius 3 is 0.932 bits per heavy atom. The summed E-state index contributed by atoms with van der Waals surface area (Å²) >= 11 is 0. The van der Waals surface area contributed by atoms with Crippen LogP contribution in [-0.2, 0) is 0 Å². The molecule has 0 saturated carbocycles. The third-order valence-electron chi connectivity index (χ3n) is 15.6. The summed E-state index contributed by atoms with van der Waals surface area (Å²) in [6.45, 7) is 0. The first-order valence-electron chi connectivity index (χ1n) is 21.5. The summed E-state index contributed by atoms with van der Waals surface area (Å²) in [5.41, 5.74) is 29.0. The zero-order chi connectivity index (χ0) is 42.1. The van der Waals surface area contributed by atoms with Gasteiger partial charge in [-0.3, -0.25) is 0 Å². The maximum atomic E-state index is 2.47. The summed E-state index contributed by atoms with van der Waals surface area (Å²) in [6.07, 6.45) is 0. The van der Waals surface area contributed by atoms with E-state index >= 15 is 0 Å². The Morgan fingerprint density at radius 1 is 0.203 bits per heavy atom. The number of hydrogen-bond acceptors (Lipinski definition) is 0. The van der Waals surface area contributed by atoms with Crippen LogP contribution in [0, 0.1) is 0 Å². The van der Waals surface area contributed by atoms with Gasteiger partial charge < -0.3 is 0 Å². The third-order valence-corrected chi connectivity index (χ3v) is 15.6. The topological polar surface area (TPSA) is 0 Å². The van der Waals surface area contributed by atoms with Crippen molar-refractivity contribution in [3.8, 4) is 33.4 Å². The van der Waals surface area contributed by atoms with Gasteiger partial charge in [-0.1, -0.05) is 104 Å². The van der Waals surface area contributed by atoms with Crippen LogP contribution in [0.3, 0.4) is 0 Å². The monoisotopic (exact) mass is 736 g/mol. The van der Waals surface area contributed by atoms with E-state index in [4.69, 9.17) is 0 Å². The molecule has 15 heteroatoms. The molecule has 0 nitrogen and oxygen atoms in total. The lowest BCUT2D eigenvalue weighted by atomic mass is 9.56. The van der Waals surface area contributed by atoms with Gasteiger partial charge in [0, 0.05) is 0 Å². The standard InChI is InChI=1S/C44H43B15/c45-30-23-21(20-10-9-18-12-17(7-8-19(18)13-20)16-6-5-14-3-1-2-4-15(14)11-16)24-26(34(49)42(57)40(55)31(24)46)22(25(23)33(48)41(56)39(30)54)27-28-29(36(51)38(53)32(27)47)37(52)44(59)43(58)35(28)50/h1-13H,45-59H2. The van der Waals surface area contributed by atoms with Crippen LogP contribution in [-0.4, -0.2) is 118 Å². The SMILES string of the molecule is Bc1c(B)c(B)c2c(-c3c4c(B)c(B)c(B)c(B)c4c(-c4ccc5cc(-c6ccc7ccccc7c6)ccc5c4)c4c(B)c(B)c(B)c(B)c34)c(B)c(B)c(B)c2c1B. The van der Waals surface area contributed by atoms with Crippen molar-refractivity contribution in [1.82, 2.24) is 0 Å². The van der Waals surface area contributed by atoms with Gasteiger partial charge in [-0.15, -0.1) is 38.2 Å². The fourth-order valence-corrected chi connectivity index (χ4v) is 10.9. The molecule has 59 heavy (non-hydrogen) atoms. The van der Waals surface area contributed by atoms with Crippen LogP contribution in [0.2, 0.25) is 0 Å². The second-order valence-corrected chi connectivity index (χ2v) is 18.1. The fraction of sp³-hybridized carbons (Fsp3) is 0. The molecule has 0 aromatic heterocycles. The molecule has 0 atom stereocenters. The van der Waals surface area contributed by atoms with E-state index < -0.39 is 0 Å². The molecule has 9 aromatic rings. The number of hydrogen-bond donors (Lipinski definition) is 0. The molecule has 9 rings (SSSR count). The largest absolute Gasteiger partial charge is 0.139 e. The van der Waals surface area contributed by atoms with Crippen molar-refractivity contribution in [3.63, 3.8) is 0 Å². The van der Waals surface area contributed by atoms with Gasteiger partial charge in [-0.05, 0) is 105 Å². The first kappa shape index (κ1) is 39.7. The lowest BCUT2D eigenvalue weighted by Crippen LogP contribution is -2.53. The first-order valence-corrected chi connectivity index (χ1v) is 21.5. The van der Waals surface area contributed by atoms with Crippen molar-refractivity contribution < 1.29 is 0 Å². The van der Waals surface area contributed by atoms with Gasteiger partial charge in [0.25, 0.3) is 0 Å². The quantitative estimate of drug-likeness (QED) is 0.125. The normalized spacial score (nSPS) is 11.7. The Bertz CT molecular complexity index is 3300. The minimum atomic E-state index is 1.25. The maximum Gasteiger partial charge on any atom is 0.139 e. The highest BCUT2D eigenvalue weighted by Crippen LogP contribution is 2.42. The smallest absolute Gasteiger partial charge is 0.101 e. The van der Waals surface area contributed by atoms with Gasteiger partial charge in [0.15, 0.2) is 0 Å². The van der Waals surface area contributed by atoms with E-state index in [0.717, 1.165) is 0 Å². The lowest BCUT2D eigenvalue weighted by Gasteiger charge is -2.31. The fourth-order valence-electron chi connectivity index (χ4n) is 10.9. The number of rotatable bonds is 3. The molecule has 0 bridgehead atoms. The highest BCUT2D eigenvalue weighted by molar-refractivity contribution is 6.75. The van der Waals surface area contributed by atoms with E-state index in [9.17, 15) is 0 Å². The van der Waals surface area contributed by atoms with Crippen molar-refractivity contribution >= 4 is 253 Å². The Morgan fingerprint density at radius 2 is 0.492 bits per heavy atom. The zero-order valence-corrected chi connectivity index (χ0v) is 38.0. The molecule has 0 spiro atoms. The van der Waals surface area contributed by atoms with Crippen LogP contribution in [0.4, 0.5) is 0 Å². The highest BCUT2D eigenvalue weighted by Gasteiger charge is 2.28. The van der Waals surface area contributed by atoms with E-state index in [2.05, 4.69) is 197 Å². The van der Waals surface area contributed by atoms with Crippen molar-refractivity contribution in [2.45, 2.75) is 0 Å². The van der Waals surface area contributed by atoms with Crippen LogP contribution in [0.1, 0.15) is 0 Å². The van der Waals surface area contributed by atoms with Crippen molar-refractivity contribution in [2.24, 2.45) is 0 Å². The Labute approximate surface area is 363 Å². The summed E-state index contributed by atoms with van der Waals surface area (Å²) in [5.74, 6) is 0. The lowest BCUT2D eigenvalue weighted by molar-refractivity contribution is 1.67. The van der Waals surface area contributed by atoms with Gasteiger partial charge in [0.1, 0.15) is 118 Å². The van der Waals surface area contributed by atoms with Crippen LogP contribution < -0.4 is 81.9 Å². The number of benzene rings is 9. The first-order chi connectivity index (χ1) is 28.0. The Hall–Kier alpha value is -4.75. The van der Waals surface area contributed by atoms with Crippen molar-refractivity contribution in [1.29, 1.82) is 0 Å². The molecular formula is C44H43B15. The van der Waals surface area contributed by atoms with Gasteiger partial charge in [-0.25, -0.2) is 0 Å². The highest BCUT2D eigenvalue weighted by atomic mass is 14.3. The van der Waals surface area contributed by atoms with E-state index in [0.29, 0.717) is 0 Å². The van der Waals surface area contributed by atoms with Crippen molar-refractivity contribution in [3.05, 3.63) is 78.9 Å². The van der Waals surface area contributed by atoms with Gasteiger partial charge in [-0.2, -0.15) is 0 Å². The van der Waals surface area contributed by atoms with E-state index in [1.807, 2.05) is 0 Å². The number of fused-ring (bicyclic) bond motifs is 5. The summed E-state index contributed by atoms with van der Waals surface area (Å²) < 4.78 is 0. The summed E-state index contributed by atoms with van der Waals surface area (Å²) in [4.78, 5) is 0. The average molecular weight is 734 g/mol. The second kappa shape index (κ2) is 14.2. The van der Waals surface area contributed by atoms with Crippen LogP contribution in [0.5, 0.6) is 0 Å². The molecule has 0 radical (unpaired) electrons. The Kier molecular flexibility index (Phi) is 9.54. The summed E-state index contributed by atoms with van der Waals surface area (Å²) in [5, 5.41) is 13.6. The minimum Gasteiger partial charge on any atom is -0.101 e. The molecule has 0 aliphatic rings. The zero-order valence-electron chi connectivity index (χ0n) is 38.0. The third kappa shape index (κ3) is 5.66. The van der Waals surface area contributed by atoms with Crippen molar-refractivity contribution in [2.75, 3.05) is 0 Å². The molecular weight excluding hydrogens is 691 g/mol. The molecule has 0 saturated heterocycles. The summed E-state index contributed by atoms with van der Waals surface area (Å²) in [6, 6.07) is 29.7. The molecule has 264 valence electrons. The van der Waals surface area contributed by atoms with Crippen LogP contribution in [0.25, 0.3) is 87.2 Å². The molecule has 0 aliphatic heterocycles. The Balaban J connectivity index is 1.46. The maximum absolute atomic E-state index is 2.47. The molecule has 0 fully saturated rings. The summed E-state index contributed by atoms with van der Waals surface area (Å²) in [7, 11) is 35.4. The molecule has 9 aromatic carbocycles. The molecule has 0 heterocycles. The van der Waals surface area contributed by atoms with E-state index in [1.54, 1.807) is 0 Å².